The van der Waals surface area contributed by atoms with E-state index >= 15 is 0 Å². The van der Waals surface area contributed by atoms with Crippen LogP contribution in [0.1, 0.15) is 13.3 Å². The molecule has 2 aromatic carbocycles. The number of carbonyl (C=O) groups excluding carboxylic acids is 1. The number of rotatable bonds is 10. The Bertz CT molecular complexity index is 916. The molecule has 0 aliphatic carbocycles. The predicted octanol–water partition coefficient (Wildman–Crippen LogP) is 4.15. The number of hydrogen-bond donors (Lipinski definition) is 3. The maximum atomic E-state index is 13.7. The first-order valence-electron chi connectivity index (χ1n) is 9.65. The van der Waals surface area contributed by atoms with Gasteiger partial charge >= 0.3 is 0 Å². The van der Waals surface area contributed by atoms with Crippen LogP contribution in [0.2, 0.25) is 0 Å². The highest BCUT2D eigenvalue weighted by molar-refractivity contribution is 14.0. The fourth-order valence-electron chi connectivity index (χ4n) is 2.46. The molecule has 0 spiro atoms. The predicted molar refractivity (Wildman–Crippen MR) is 128 cm³/mol. The minimum absolute atomic E-state index is 0. The van der Waals surface area contributed by atoms with Crippen LogP contribution in [0.15, 0.2) is 41.4 Å². The molecule has 0 saturated heterocycles. The van der Waals surface area contributed by atoms with Gasteiger partial charge in [0.15, 0.2) is 23.4 Å². The number of halogens is 4. The van der Waals surface area contributed by atoms with E-state index in [0.29, 0.717) is 37.2 Å². The number of anilines is 2. The molecule has 176 valence electrons. The summed E-state index contributed by atoms with van der Waals surface area (Å²) in [6.45, 7) is 3.11. The number of carbonyl (C=O) groups is 1. The van der Waals surface area contributed by atoms with E-state index in [1.807, 2.05) is 13.0 Å². The Morgan fingerprint density at radius 2 is 1.84 bits per heavy atom. The number of guanidine groups is 1. The molecule has 0 aromatic heterocycles. The van der Waals surface area contributed by atoms with Crippen molar-refractivity contribution in [2.45, 2.75) is 13.3 Å². The van der Waals surface area contributed by atoms with Gasteiger partial charge in [-0.25, -0.2) is 18.2 Å². The summed E-state index contributed by atoms with van der Waals surface area (Å²) >= 11 is 0. The number of nitrogens with one attached hydrogen (secondary N) is 3. The fraction of sp³-hybridized carbons (Fsp3) is 0.333. The molecule has 0 atom stereocenters. The zero-order valence-corrected chi connectivity index (χ0v) is 20.0. The lowest BCUT2D eigenvalue weighted by molar-refractivity contribution is -0.114. The number of ether oxygens (including phenoxy) is 2. The molecule has 0 fully saturated rings. The first-order valence-corrected chi connectivity index (χ1v) is 9.65. The molecular weight excluding hydrogens is 540 g/mol. The number of hydrogen-bond acceptors (Lipinski definition) is 4. The second-order valence-electron chi connectivity index (χ2n) is 6.31. The van der Waals surface area contributed by atoms with Crippen molar-refractivity contribution in [3.8, 4) is 5.75 Å². The molecule has 1 amide bonds. The van der Waals surface area contributed by atoms with Crippen molar-refractivity contribution in [1.29, 1.82) is 0 Å². The normalized spacial score (nSPS) is 10.8. The quantitative estimate of drug-likeness (QED) is 0.132. The summed E-state index contributed by atoms with van der Waals surface area (Å²) in [5.74, 6) is -4.19. The zero-order valence-electron chi connectivity index (χ0n) is 17.7. The molecule has 0 unspecified atom stereocenters. The molecule has 2 aromatic rings. The summed E-state index contributed by atoms with van der Waals surface area (Å²) < 4.78 is 50.6. The molecule has 0 aliphatic rings. The monoisotopic (exact) mass is 566 g/mol. The highest BCUT2D eigenvalue weighted by atomic mass is 127. The summed E-state index contributed by atoms with van der Waals surface area (Å²) in [5, 5.41) is 8.18. The molecule has 0 bridgehead atoms. The average molecular weight is 566 g/mol. The number of nitrogens with zero attached hydrogens (tertiary/aromatic N) is 1. The lowest BCUT2D eigenvalue weighted by atomic mass is 10.2. The third kappa shape index (κ3) is 8.91. The number of amides is 1. The minimum atomic E-state index is -1.65. The van der Waals surface area contributed by atoms with Crippen molar-refractivity contribution in [3.05, 3.63) is 53.8 Å². The molecule has 0 radical (unpaired) electrons. The summed E-state index contributed by atoms with van der Waals surface area (Å²) in [6.07, 6.45) is 0.756. The average Bonchev–Trinajstić information content (AvgIpc) is 2.76. The van der Waals surface area contributed by atoms with Crippen LogP contribution in [0.5, 0.6) is 5.75 Å². The van der Waals surface area contributed by atoms with Crippen LogP contribution in [0.3, 0.4) is 0 Å². The van der Waals surface area contributed by atoms with E-state index in [-0.39, 0.29) is 30.5 Å². The third-order valence-electron chi connectivity index (χ3n) is 3.89. The van der Waals surface area contributed by atoms with Gasteiger partial charge in [-0.15, -0.1) is 24.0 Å². The SMILES string of the molecule is CCNC(=NCC(=O)Nc1ccc(F)c(F)c1F)Nc1cccc(OCCCOC)c1.I. The summed E-state index contributed by atoms with van der Waals surface area (Å²) in [5.41, 5.74) is 0.214. The molecule has 3 N–H and O–H groups in total. The second kappa shape index (κ2) is 14.5. The molecule has 0 saturated carbocycles. The Kier molecular flexibility index (Phi) is 12.5. The van der Waals surface area contributed by atoms with Crippen LogP contribution >= 0.6 is 24.0 Å². The first-order chi connectivity index (χ1) is 14.9. The van der Waals surface area contributed by atoms with Crippen molar-refractivity contribution in [2.75, 3.05) is 44.0 Å². The van der Waals surface area contributed by atoms with Crippen LogP contribution in [0.25, 0.3) is 0 Å². The highest BCUT2D eigenvalue weighted by Crippen LogP contribution is 2.20. The van der Waals surface area contributed by atoms with Gasteiger partial charge in [0.05, 0.1) is 12.3 Å². The zero-order chi connectivity index (χ0) is 22.6. The minimum Gasteiger partial charge on any atom is -0.493 e. The van der Waals surface area contributed by atoms with Crippen LogP contribution in [0.4, 0.5) is 24.5 Å². The van der Waals surface area contributed by atoms with Gasteiger partial charge < -0.3 is 25.4 Å². The van der Waals surface area contributed by atoms with E-state index in [9.17, 15) is 18.0 Å². The Hall–Kier alpha value is -2.54. The molecule has 2 rings (SSSR count). The number of benzene rings is 2. The van der Waals surface area contributed by atoms with Gasteiger partial charge in [0.25, 0.3) is 0 Å². The molecule has 0 heterocycles. The molecule has 7 nitrogen and oxygen atoms in total. The third-order valence-corrected chi connectivity index (χ3v) is 3.89. The van der Waals surface area contributed by atoms with E-state index in [1.165, 1.54) is 0 Å². The van der Waals surface area contributed by atoms with Gasteiger partial charge in [-0.1, -0.05) is 6.07 Å². The standard InChI is InChI=1S/C21H25F3N4O3.HI/c1-3-25-21(27-14-6-4-7-15(12-14)31-11-5-10-30-2)26-13-18(29)28-17-9-8-16(22)19(23)20(17)24;/h4,6-9,12H,3,5,10-11,13H2,1-2H3,(H,28,29)(H2,25,26,27);1H. The molecule has 0 aliphatic heterocycles. The van der Waals surface area contributed by atoms with Gasteiger partial charge in [0, 0.05) is 38.4 Å². The molecular formula is C21H26F3IN4O3. The van der Waals surface area contributed by atoms with Crippen LogP contribution in [0, 0.1) is 17.5 Å². The van der Waals surface area contributed by atoms with E-state index in [0.717, 1.165) is 18.6 Å². The van der Waals surface area contributed by atoms with E-state index in [4.69, 9.17) is 9.47 Å². The summed E-state index contributed by atoms with van der Waals surface area (Å²) in [4.78, 5) is 16.2. The van der Waals surface area contributed by atoms with E-state index in [2.05, 4.69) is 20.9 Å². The molecule has 11 heteroatoms. The van der Waals surface area contributed by atoms with E-state index in [1.54, 1.807) is 25.3 Å². The highest BCUT2D eigenvalue weighted by Gasteiger charge is 2.15. The van der Waals surface area contributed by atoms with Gasteiger partial charge in [-0.05, 0) is 31.2 Å². The lowest BCUT2D eigenvalue weighted by Gasteiger charge is -2.13. The fourth-order valence-corrected chi connectivity index (χ4v) is 2.46. The second-order valence-corrected chi connectivity index (χ2v) is 6.31. The van der Waals surface area contributed by atoms with Crippen molar-refractivity contribution in [3.63, 3.8) is 0 Å². The topological polar surface area (TPSA) is 84.0 Å². The van der Waals surface area contributed by atoms with Crippen LogP contribution < -0.4 is 20.7 Å². The smallest absolute Gasteiger partial charge is 0.246 e. The Morgan fingerprint density at radius 3 is 2.56 bits per heavy atom. The first kappa shape index (κ1) is 27.5. The Balaban J connectivity index is 0.00000512. The summed E-state index contributed by atoms with van der Waals surface area (Å²) in [7, 11) is 1.63. The Morgan fingerprint density at radius 1 is 1.06 bits per heavy atom. The lowest BCUT2D eigenvalue weighted by Crippen LogP contribution is -2.32. The van der Waals surface area contributed by atoms with Crippen molar-refractivity contribution in [2.24, 2.45) is 4.99 Å². The Labute approximate surface area is 201 Å². The van der Waals surface area contributed by atoms with Gasteiger partial charge in [-0.3, -0.25) is 4.79 Å². The number of aliphatic imine (C=N–C) groups is 1. The maximum Gasteiger partial charge on any atom is 0.246 e. The van der Waals surface area contributed by atoms with Crippen molar-refractivity contribution in [1.82, 2.24) is 5.32 Å². The van der Waals surface area contributed by atoms with Gasteiger partial charge in [0.2, 0.25) is 5.91 Å². The van der Waals surface area contributed by atoms with Crippen LogP contribution in [-0.4, -0.2) is 45.3 Å². The number of methoxy groups -OCH3 is 1. The summed E-state index contributed by atoms with van der Waals surface area (Å²) in [6, 6.07) is 8.86. The van der Waals surface area contributed by atoms with Gasteiger partial charge in [-0.2, -0.15) is 0 Å². The van der Waals surface area contributed by atoms with Crippen molar-refractivity contribution < 1.29 is 27.4 Å². The van der Waals surface area contributed by atoms with Crippen LogP contribution in [-0.2, 0) is 9.53 Å². The van der Waals surface area contributed by atoms with E-state index < -0.39 is 29.0 Å². The van der Waals surface area contributed by atoms with Gasteiger partial charge in [0.1, 0.15) is 12.3 Å². The maximum absolute atomic E-state index is 13.7. The molecule has 32 heavy (non-hydrogen) atoms. The van der Waals surface area contributed by atoms with Crippen molar-refractivity contribution >= 4 is 47.2 Å². The largest absolute Gasteiger partial charge is 0.493 e.